The van der Waals surface area contributed by atoms with Gasteiger partial charge in [-0.3, -0.25) is 4.79 Å². The summed E-state index contributed by atoms with van der Waals surface area (Å²) in [5.41, 5.74) is 0. The Balaban J connectivity index is 1.76. The van der Waals surface area contributed by atoms with Gasteiger partial charge in [0.05, 0.1) is 13.0 Å². The van der Waals surface area contributed by atoms with E-state index in [4.69, 9.17) is 0 Å². The molecule has 2 aliphatic rings. The van der Waals surface area contributed by atoms with E-state index in [0.717, 1.165) is 25.7 Å². The Hall–Kier alpha value is -0.820. The van der Waals surface area contributed by atoms with Crippen LogP contribution < -0.4 is 5.32 Å². The standard InChI is InChI=1S/C14H23F3N2O2/c1-2-19(12-7-10-3-4-11(8-12)18-10)13(20)5-6-21-9-14(15,16)17/h10-12,18H,2-9H2,1H3. The summed E-state index contributed by atoms with van der Waals surface area (Å²) in [6, 6.07) is 1.18. The number of piperidine rings is 1. The highest BCUT2D eigenvalue weighted by Crippen LogP contribution is 2.30. The number of hydrogen-bond donors (Lipinski definition) is 1. The normalized spacial score (nSPS) is 28.7. The number of alkyl halides is 3. The van der Waals surface area contributed by atoms with Gasteiger partial charge in [-0.25, -0.2) is 0 Å². The van der Waals surface area contributed by atoms with E-state index in [1.807, 2.05) is 11.8 Å². The lowest BCUT2D eigenvalue weighted by Crippen LogP contribution is -2.50. The lowest BCUT2D eigenvalue weighted by molar-refractivity contribution is -0.175. The van der Waals surface area contributed by atoms with Gasteiger partial charge in [0.1, 0.15) is 6.61 Å². The number of halogens is 3. The van der Waals surface area contributed by atoms with E-state index in [1.54, 1.807) is 0 Å². The number of hydrogen-bond acceptors (Lipinski definition) is 3. The van der Waals surface area contributed by atoms with Gasteiger partial charge in [-0.2, -0.15) is 13.2 Å². The van der Waals surface area contributed by atoms with Gasteiger partial charge in [-0.15, -0.1) is 0 Å². The van der Waals surface area contributed by atoms with Crippen LogP contribution in [0.25, 0.3) is 0 Å². The van der Waals surface area contributed by atoms with E-state index in [9.17, 15) is 18.0 Å². The van der Waals surface area contributed by atoms with Crippen molar-refractivity contribution in [3.05, 3.63) is 0 Å². The summed E-state index contributed by atoms with van der Waals surface area (Å²) in [7, 11) is 0. The molecule has 2 aliphatic heterocycles. The second kappa shape index (κ2) is 6.96. The molecule has 0 aromatic rings. The van der Waals surface area contributed by atoms with Crippen LogP contribution in [0.15, 0.2) is 0 Å². The molecule has 0 radical (unpaired) electrons. The average Bonchev–Trinajstić information content (AvgIpc) is 2.74. The van der Waals surface area contributed by atoms with Crippen LogP contribution in [0.1, 0.15) is 39.0 Å². The Labute approximate surface area is 123 Å². The van der Waals surface area contributed by atoms with Crippen LogP contribution in [0.5, 0.6) is 0 Å². The maximum Gasteiger partial charge on any atom is 0.411 e. The zero-order chi connectivity index (χ0) is 15.5. The lowest BCUT2D eigenvalue weighted by atomic mass is 9.98. The molecule has 1 amide bonds. The first-order valence-electron chi connectivity index (χ1n) is 7.59. The minimum Gasteiger partial charge on any atom is -0.372 e. The number of rotatable bonds is 6. The first-order chi connectivity index (χ1) is 9.89. The SMILES string of the molecule is CCN(C(=O)CCOCC(F)(F)F)C1CC2CCC(C1)N2. The summed E-state index contributed by atoms with van der Waals surface area (Å²) < 4.78 is 40.4. The van der Waals surface area contributed by atoms with Crippen LogP contribution in [0.2, 0.25) is 0 Å². The molecule has 1 N–H and O–H groups in total. The van der Waals surface area contributed by atoms with E-state index in [2.05, 4.69) is 10.1 Å². The molecule has 2 fully saturated rings. The molecular formula is C14H23F3N2O2. The molecule has 0 saturated carbocycles. The van der Waals surface area contributed by atoms with Crippen LogP contribution in [0.4, 0.5) is 13.2 Å². The predicted molar refractivity (Wildman–Crippen MR) is 71.8 cm³/mol. The van der Waals surface area contributed by atoms with Gasteiger partial charge < -0.3 is 15.0 Å². The summed E-state index contributed by atoms with van der Waals surface area (Å²) in [5.74, 6) is -0.106. The number of nitrogens with one attached hydrogen (secondary N) is 1. The predicted octanol–water partition coefficient (Wildman–Crippen LogP) is 2.09. The Kier molecular flexibility index (Phi) is 5.48. The topological polar surface area (TPSA) is 41.6 Å². The second-order valence-corrected chi connectivity index (χ2v) is 5.86. The highest BCUT2D eigenvalue weighted by molar-refractivity contribution is 5.76. The van der Waals surface area contributed by atoms with Gasteiger partial charge in [-0.1, -0.05) is 0 Å². The lowest BCUT2D eigenvalue weighted by Gasteiger charge is -2.37. The van der Waals surface area contributed by atoms with Gasteiger partial charge in [-0.05, 0) is 32.6 Å². The quantitative estimate of drug-likeness (QED) is 0.764. The third-order valence-corrected chi connectivity index (χ3v) is 4.28. The maximum absolute atomic E-state index is 12.2. The zero-order valence-corrected chi connectivity index (χ0v) is 12.3. The Morgan fingerprint density at radius 2 is 1.90 bits per heavy atom. The third kappa shape index (κ3) is 4.85. The number of ether oxygens (including phenoxy) is 1. The zero-order valence-electron chi connectivity index (χ0n) is 12.3. The van der Waals surface area contributed by atoms with E-state index < -0.39 is 12.8 Å². The molecule has 0 aliphatic carbocycles. The molecule has 0 aromatic carbocycles. The van der Waals surface area contributed by atoms with Crippen LogP contribution in [-0.4, -0.2) is 54.9 Å². The fraction of sp³-hybridized carbons (Fsp3) is 0.929. The molecule has 2 atom stereocenters. The number of fused-ring (bicyclic) bond motifs is 2. The number of nitrogens with zero attached hydrogens (tertiary/aromatic N) is 1. The van der Waals surface area contributed by atoms with Crippen molar-refractivity contribution in [3.63, 3.8) is 0 Å². The largest absolute Gasteiger partial charge is 0.411 e. The third-order valence-electron chi connectivity index (χ3n) is 4.28. The maximum atomic E-state index is 12.2. The van der Waals surface area contributed by atoms with Crippen LogP contribution >= 0.6 is 0 Å². The smallest absolute Gasteiger partial charge is 0.372 e. The van der Waals surface area contributed by atoms with Crippen molar-refractivity contribution in [2.24, 2.45) is 0 Å². The van der Waals surface area contributed by atoms with Gasteiger partial charge in [0.2, 0.25) is 5.91 Å². The first-order valence-corrected chi connectivity index (χ1v) is 7.59. The van der Waals surface area contributed by atoms with E-state index in [0.29, 0.717) is 18.6 Å². The van der Waals surface area contributed by atoms with Crippen molar-refractivity contribution < 1.29 is 22.7 Å². The number of carbonyl (C=O) groups excluding carboxylic acids is 1. The monoisotopic (exact) mass is 308 g/mol. The first kappa shape index (κ1) is 16.5. The molecule has 2 bridgehead atoms. The van der Waals surface area contributed by atoms with Crippen molar-refractivity contribution in [2.45, 2.75) is 63.3 Å². The number of amides is 1. The minimum absolute atomic E-state index is 0.0170. The molecular weight excluding hydrogens is 285 g/mol. The molecule has 4 nitrogen and oxygen atoms in total. The fourth-order valence-corrected chi connectivity index (χ4v) is 3.41. The van der Waals surface area contributed by atoms with Crippen molar-refractivity contribution in [1.29, 1.82) is 0 Å². The molecule has 2 unspecified atom stereocenters. The summed E-state index contributed by atoms with van der Waals surface area (Å²) in [6.45, 7) is 1.05. The van der Waals surface area contributed by atoms with Crippen LogP contribution in [0, 0.1) is 0 Å². The summed E-state index contributed by atoms with van der Waals surface area (Å²) in [6.07, 6.45) is -0.118. The van der Waals surface area contributed by atoms with Crippen molar-refractivity contribution in [3.8, 4) is 0 Å². The molecule has 2 rings (SSSR count). The Bertz CT molecular complexity index is 351. The molecule has 2 heterocycles. The van der Waals surface area contributed by atoms with Crippen LogP contribution in [-0.2, 0) is 9.53 Å². The van der Waals surface area contributed by atoms with Crippen molar-refractivity contribution >= 4 is 5.91 Å². The molecule has 21 heavy (non-hydrogen) atoms. The average molecular weight is 308 g/mol. The highest BCUT2D eigenvalue weighted by atomic mass is 19.4. The highest BCUT2D eigenvalue weighted by Gasteiger charge is 2.37. The molecule has 0 spiro atoms. The Morgan fingerprint density at radius 3 is 2.43 bits per heavy atom. The molecule has 0 aromatic heterocycles. The van der Waals surface area contributed by atoms with Gasteiger partial charge in [0.25, 0.3) is 0 Å². The minimum atomic E-state index is -4.33. The van der Waals surface area contributed by atoms with E-state index >= 15 is 0 Å². The summed E-state index contributed by atoms with van der Waals surface area (Å²) in [4.78, 5) is 14.0. The van der Waals surface area contributed by atoms with Crippen molar-refractivity contribution in [1.82, 2.24) is 10.2 Å². The van der Waals surface area contributed by atoms with Gasteiger partial charge in [0, 0.05) is 24.7 Å². The van der Waals surface area contributed by atoms with Gasteiger partial charge >= 0.3 is 6.18 Å². The second-order valence-electron chi connectivity index (χ2n) is 5.86. The number of carbonyl (C=O) groups is 1. The molecule has 122 valence electrons. The Morgan fingerprint density at radius 1 is 1.29 bits per heavy atom. The molecule has 2 saturated heterocycles. The van der Waals surface area contributed by atoms with Crippen LogP contribution in [0.3, 0.4) is 0 Å². The van der Waals surface area contributed by atoms with E-state index in [1.165, 1.54) is 0 Å². The summed E-state index contributed by atoms with van der Waals surface area (Å²) >= 11 is 0. The van der Waals surface area contributed by atoms with E-state index in [-0.39, 0.29) is 25.0 Å². The molecule has 7 heteroatoms. The van der Waals surface area contributed by atoms with Crippen molar-refractivity contribution in [2.75, 3.05) is 19.8 Å². The fourth-order valence-electron chi connectivity index (χ4n) is 3.41. The summed E-state index contributed by atoms with van der Waals surface area (Å²) in [5, 5.41) is 3.52. The van der Waals surface area contributed by atoms with Gasteiger partial charge in [0.15, 0.2) is 0 Å².